The van der Waals surface area contributed by atoms with Gasteiger partial charge in [-0.25, -0.2) is 4.79 Å². The Morgan fingerprint density at radius 3 is 2.27 bits per heavy atom. The highest BCUT2D eigenvalue weighted by molar-refractivity contribution is 7.80. The first-order chi connectivity index (χ1) is 19.7. The van der Waals surface area contributed by atoms with Crippen LogP contribution < -0.4 is 9.62 Å². The summed E-state index contributed by atoms with van der Waals surface area (Å²) in [5.74, 6) is 4.33. The predicted octanol–water partition coefficient (Wildman–Crippen LogP) is 4.80. The fraction of sp³-hybridized carbons (Fsp3) is 0.226. The van der Waals surface area contributed by atoms with Gasteiger partial charge in [0.25, 0.3) is 5.91 Å². The number of nitrogens with zero attached hydrogens (tertiary/aromatic N) is 1. The highest BCUT2D eigenvalue weighted by Gasteiger charge is 2.31. The van der Waals surface area contributed by atoms with Gasteiger partial charge in [0.05, 0.1) is 7.11 Å². The number of hydrogen-bond donors (Lipinski definition) is 2. The number of anilines is 2. The third-order valence-electron chi connectivity index (χ3n) is 6.55. The molecule has 41 heavy (non-hydrogen) atoms. The number of methoxy groups -OCH3 is 1. The largest absolute Gasteiger partial charge is 0.755 e. The molecule has 4 aromatic rings. The van der Waals surface area contributed by atoms with Crippen molar-refractivity contribution in [2.45, 2.75) is 26.8 Å². The standard InChI is InChI=1S/C31H30N2O7S/c1-19(2)28(31(36)39-4)33(41(37)38)25-16-12-22(13-17-25)21-10-14-24(15-11-21)32-30(35)29-20(3)27-23(8-6-18-34)7-5-9-26(27)40-29/h5,7,9-17,19,28,34H,18H2,1-4H3,(H,32,35)(H,37,38)/p-1. The third kappa shape index (κ3) is 6.33. The van der Waals surface area contributed by atoms with E-state index in [-0.39, 0.29) is 18.3 Å². The second kappa shape index (κ2) is 12.8. The maximum atomic E-state index is 13.0. The molecule has 1 aromatic heterocycles. The lowest BCUT2D eigenvalue weighted by Gasteiger charge is -2.35. The number of aryl methyl sites for hydroxylation is 1. The molecule has 0 aliphatic carbocycles. The lowest BCUT2D eigenvalue weighted by Crippen LogP contribution is -2.46. The van der Waals surface area contributed by atoms with Crippen LogP contribution in [0, 0.1) is 24.7 Å². The van der Waals surface area contributed by atoms with E-state index in [9.17, 15) is 18.4 Å². The second-order valence-electron chi connectivity index (χ2n) is 9.53. The van der Waals surface area contributed by atoms with E-state index in [1.807, 2.05) is 12.1 Å². The highest BCUT2D eigenvalue weighted by Crippen LogP contribution is 2.30. The Kier molecular flexibility index (Phi) is 9.24. The molecule has 0 aliphatic heterocycles. The molecule has 0 fully saturated rings. The molecule has 0 saturated carbocycles. The zero-order valence-corrected chi connectivity index (χ0v) is 23.8. The summed E-state index contributed by atoms with van der Waals surface area (Å²) in [4.78, 5) is 25.3. The highest BCUT2D eigenvalue weighted by atomic mass is 32.2. The van der Waals surface area contributed by atoms with E-state index in [2.05, 4.69) is 17.2 Å². The number of rotatable bonds is 8. The Morgan fingerprint density at radius 1 is 1.07 bits per heavy atom. The molecule has 1 amide bonds. The normalized spacial score (nSPS) is 12.4. The number of fused-ring (bicyclic) bond motifs is 1. The van der Waals surface area contributed by atoms with Gasteiger partial charge in [0.15, 0.2) is 5.76 Å². The van der Waals surface area contributed by atoms with Gasteiger partial charge in [0.1, 0.15) is 18.2 Å². The van der Waals surface area contributed by atoms with Crippen molar-refractivity contribution in [2.24, 2.45) is 5.92 Å². The van der Waals surface area contributed by atoms with E-state index in [0.29, 0.717) is 28.1 Å². The van der Waals surface area contributed by atoms with Gasteiger partial charge in [-0.3, -0.25) is 13.3 Å². The van der Waals surface area contributed by atoms with Crippen molar-refractivity contribution in [2.75, 3.05) is 23.3 Å². The number of hydrogen-bond acceptors (Lipinski definition) is 7. The summed E-state index contributed by atoms with van der Waals surface area (Å²) >= 11 is -2.70. The lowest BCUT2D eigenvalue weighted by molar-refractivity contribution is -0.142. The number of furan rings is 1. The molecule has 0 saturated heterocycles. The zero-order chi connectivity index (χ0) is 29.7. The van der Waals surface area contributed by atoms with Crippen molar-refractivity contribution in [3.63, 3.8) is 0 Å². The Balaban J connectivity index is 1.53. The van der Waals surface area contributed by atoms with Crippen LogP contribution in [0.25, 0.3) is 22.1 Å². The molecular formula is C31H29N2O7S-. The maximum Gasteiger partial charge on any atom is 0.329 e. The van der Waals surface area contributed by atoms with Crippen molar-refractivity contribution in [3.8, 4) is 23.0 Å². The summed E-state index contributed by atoms with van der Waals surface area (Å²) in [5.41, 5.74) is 4.39. The first-order valence-corrected chi connectivity index (χ1v) is 13.8. The van der Waals surface area contributed by atoms with Crippen LogP contribution >= 0.6 is 0 Å². The number of carbonyl (C=O) groups is 2. The summed E-state index contributed by atoms with van der Waals surface area (Å²) < 4.78 is 35.7. The molecule has 0 radical (unpaired) electrons. The van der Waals surface area contributed by atoms with Gasteiger partial charge in [-0.05, 0) is 60.4 Å². The molecule has 0 aliphatic rings. The third-order valence-corrected chi connectivity index (χ3v) is 7.31. The van der Waals surface area contributed by atoms with Crippen LogP contribution in [0.1, 0.15) is 35.5 Å². The van der Waals surface area contributed by atoms with Gasteiger partial charge in [0.2, 0.25) is 0 Å². The van der Waals surface area contributed by atoms with Gasteiger partial charge in [-0.15, -0.1) is 0 Å². The van der Waals surface area contributed by atoms with E-state index in [0.717, 1.165) is 20.8 Å². The van der Waals surface area contributed by atoms with Crippen molar-refractivity contribution < 1.29 is 32.6 Å². The summed E-state index contributed by atoms with van der Waals surface area (Å²) in [6, 6.07) is 18.3. The van der Waals surface area contributed by atoms with E-state index in [4.69, 9.17) is 14.3 Å². The van der Waals surface area contributed by atoms with Crippen LogP contribution in [0.2, 0.25) is 0 Å². The minimum Gasteiger partial charge on any atom is -0.755 e. The molecule has 3 aromatic carbocycles. The summed E-state index contributed by atoms with van der Waals surface area (Å²) in [6.45, 7) is 5.01. The van der Waals surface area contributed by atoms with Gasteiger partial charge in [-0.1, -0.05) is 56.0 Å². The van der Waals surface area contributed by atoms with Crippen molar-refractivity contribution >= 4 is 45.5 Å². The van der Waals surface area contributed by atoms with Crippen molar-refractivity contribution in [3.05, 3.63) is 83.6 Å². The Bertz CT molecular complexity index is 1650. The van der Waals surface area contributed by atoms with Gasteiger partial charge < -0.3 is 24.1 Å². The number of carbonyl (C=O) groups excluding carboxylic acids is 2. The number of ether oxygens (including phenoxy) is 1. The van der Waals surface area contributed by atoms with Gasteiger partial charge in [0, 0.05) is 39.2 Å². The summed E-state index contributed by atoms with van der Waals surface area (Å²) in [6.07, 6.45) is 0. The SMILES string of the molecule is COC(=O)C(C(C)C)N(c1ccc(-c2ccc(NC(=O)c3oc4cccc(C#CCO)c4c3C)cc2)cc1)S(=O)[O-]. The van der Waals surface area contributed by atoms with E-state index in [1.165, 1.54) is 7.11 Å². The molecular weight excluding hydrogens is 544 g/mol. The number of esters is 1. The van der Waals surface area contributed by atoms with Crippen molar-refractivity contribution in [1.82, 2.24) is 0 Å². The second-order valence-corrected chi connectivity index (χ2v) is 10.4. The number of aliphatic hydroxyl groups excluding tert-OH is 1. The van der Waals surface area contributed by atoms with Crippen LogP contribution in [0.5, 0.6) is 0 Å². The first-order valence-electron chi connectivity index (χ1n) is 12.8. The van der Waals surface area contributed by atoms with E-state index < -0.39 is 29.2 Å². The number of benzene rings is 3. The fourth-order valence-corrected chi connectivity index (χ4v) is 5.40. The molecule has 2 N–H and O–H groups in total. The topological polar surface area (TPSA) is 132 Å². The van der Waals surface area contributed by atoms with Gasteiger partial charge >= 0.3 is 5.97 Å². The lowest BCUT2D eigenvalue weighted by atomic mass is 10.0. The van der Waals surface area contributed by atoms with Crippen LogP contribution in [0.4, 0.5) is 11.4 Å². The maximum absolute atomic E-state index is 13.0. The summed E-state index contributed by atoms with van der Waals surface area (Å²) in [7, 11) is 1.22. The molecule has 1 heterocycles. The van der Waals surface area contributed by atoms with Crippen LogP contribution in [-0.2, 0) is 20.8 Å². The van der Waals surface area contributed by atoms with E-state index in [1.54, 1.807) is 75.4 Å². The predicted molar refractivity (Wildman–Crippen MR) is 157 cm³/mol. The summed E-state index contributed by atoms with van der Waals surface area (Å²) in [5, 5.41) is 12.6. The number of aliphatic hydroxyl groups is 1. The van der Waals surface area contributed by atoms with Gasteiger partial charge in [-0.2, -0.15) is 0 Å². The Hall–Kier alpha value is -4.43. The smallest absolute Gasteiger partial charge is 0.329 e. The van der Waals surface area contributed by atoms with Crippen LogP contribution in [0.15, 0.2) is 71.1 Å². The molecule has 4 rings (SSSR count). The Morgan fingerprint density at radius 2 is 1.71 bits per heavy atom. The molecule has 2 unspecified atom stereocenters. The van der Waals surface area contributed by atoms with E-state index >= 15 is 0 Å². The fourth-order valence-electron chi connectivity index (χ4n) is 4.59. The molecule has 212 valence electrons. The zero-order valence-electron chi connectivity index (χ0n) is 23.0. The quantitative estimate of drug-likeness (QED) is 0.176. The number of nitrogens with one attached hydrogen (secondary N) is 1. The first kappa shape index (κ1) is 29.6. The number of amides is 1. The van der Waals surface area contributed by atoms with Crippen molar-refractivity contribution in [1.29, 1.82) is 0 Å². The molecule has 10 heteroatoms. The van der Waals surface area contributed by atoms with Crippen LogP contribution in [-0.4, -0.2) is 45.5 Å². The van der Waals surface area contributed by atoms with Crippen LogP contribution in [0.3, 0.4) is 0 Å². The average Bonchev–Trinajstić information content (AvgIpc) is 3.31. The molecule has 2 atom stereocenters. The Labute approximate surface area is 240 Å². The molecule has 9 nitrogen and oxygen atoms in total. The average molecular weight is 574 g/mol. The minimum absolute atomic E-state index is 0.171. The molecule has 0 spiro atoms. The minimum atomic E-state index is -2.70. The molecule has 0 bridgehead atoms. The monoisotopic (exact) mass is 573 g/mol.